The Morgan fingerprint density at radius 3 is 2.63 bits per heavy atom. The monoisotopic (exact) mass is 264 g/mol. The zero-order chi connectivity index (χ0) is 14.0. The van der Waals surface area contributed by atoms with E-state index in [4.69, 9.17) is 5.10 Å². The van der Waals surface area contributed by atoms with E-state index in [-0.39, 0.29) is 0 Å². The van der Waals surface area contributed by atoms with Gasteiger partial charge in [0.15, 0.2) is 0 Å². The smallest absolute Gasteiger partial charge is 0.0631 e. The summed E-state index contributed by atoms with van der Waals surface area (Å²) in [6.07, 6.45) is 2.71. The Kier molecular flexibility index (Phi) is 4.63. The highest BCUT2D eigenvalue weighted by atomic mass is 15.3. The molecule has 1 aromatic heterocycles. The van der Waals surface area contributed by atoms with Crippen molar-refractivity contribution < 1.29 is 0 Å². The van der Waals surface area contributed by atoms with E-state index < -0.39 is 0 Å². The molecule has 1 atom stereocenters. The minimum Gasteiger partial charge on any atom is -0.313 e. The summed E-state index contributed by atoms with van der Waals surface area (Å²) in [5, 5.41) is 8.33. The quantitative estimate of drug-likeness (QED) is 0.817. The fourth-order valence-corrected chi connectivity index (χ4v) is 2.67. The predicted molar refractivity (Wildman–Crippen MR) is 79.7 cm³/mol. The molecule has 108 valence electrons. The lowest BCUT2D eigenvalue weighted by Gasteiger charge is -2.14. The average molecular weight is 264 g/mol. The first-order valence-corrected chi connectivity index (χ1v) is 7.41. The van der Waals surface area contributed by atoms with Crippen LogP contribution in [0.25, 0.3) is 0 Å². The summed E-state index contributed by atoms with van der Waals surface area (Å²) < 4.78 is 2.16. The second-order valence-electron chi connectivity index (χ2n) is 6.19. The van der Waals surface area contributed by atoms with Gasteiger partial charge >= 0.3 is 0 Å². The molecule has 0 bridgehead atoms. The first-order chi connectivity index (χ1) is 8.99. The predicted octanol–water partition coefficient (Wildman–Crippen LogP) is 1.92. The van der Waals surface area contributed by atoms with Gasteiger partial charge in [0.1, 0.15) is 0 Å². The lowest BCUT2D eigenvalue weighted by atomic mass is 9.99. The Morgan fingerprint density at radius 2 is 2.05 bits per heavy atom. The molecule has 1 aliphatic rings. The van der Waals surface area contributed by atoms with E-state index in [2.05, 4.69) is 49.8 Å². The van der Waals surface area contributed by atoms with Gasteiger partial charge in [-0.1, -0.05) is 6.92 Å². The minimum absolute atomic E-state index is 0.550. The minimum atomic E-state index is 0.550. The molecule has 0 spiro atoms. The van der Waals surface area contributed by atoms with Gasteiger partial charge in [-0.3, -0.25) is 4.68 Å². The summed E-state index contributed by atoms with van der Waals surface area (Å²) in [7, 11) is 4.21. The molecule has 1 N–H and O–H groups in total. The van der Waals surface area contributed by atoms with Crippen LogP contribution in [-0.4, -0.2) is 47.9 Å². The van der Waals surface area contributed by atoms with E-state index >= 15 is 0 Å². The summed E-state index contributed by atoms with van der Waals surface area (Å²) >= 11 is 0. The van der Waals surface area contributed by atoms with Crippen LogP contribution in [0.1, 0.15) is 42.6 Å². The number of hydrogen-bond donors (Lipinski definition) is 1. The van der Waals surface area contributed by atoms with Crippen LogP contribution < -0.4 is 5.32 Å². The zero-order valence-electron chi connectivity index (χ0n) is 13.0. The Bertz CT molecular complexity index is 418. The third-order valence-electron chi connectivity index (χ3n) is 3.98. The lowest BCUT2D eigenvalue weighted by Crippen LogP contribution is -2.23. The molecule has 1 unspecified atom stereocenters. The number of hydrogen-bond acceptors (Lipinski definition) is 3. The van der Waals surface area contributed by atoms with Crippen molar-refractivity contribution in [3.63, 3.8) is 0 Å². The van der Waals surface area contributed by atoms with Crippen LogP contribution in [0.5, 0.6) is 0 Å². The van der Waals surface area contributed by atoms with Crippen LogP contribution in [0.3, 0.4) is 0 Å². The largest absolute Gasteiger partial charge is 0.313 e. The van der Waals surface area contributed by atoms with Crippen molar-refractivity contribution >= 4 is 0 Å². The van der Waals surface area contributed by atoms with Crippen LogP contribution in [0.15, 0.2) is 0 Å². The van der Waals surface area contributed by atoms with E-state index in [1.807, 2.05) is 0 Å². The van der Waals surface area contributed by atoms with Gasteiger partial charge in [0.2, 0.25) is 0 Å². The highest BCUT2D eigenvalue weighted by Crippen LogP contribution is 2.25. The Hall–Kier alpha value is -0.870. The van der Waals surface area contributed by atoms with Crippen LogP contribution in [0.4, 0.5) is 0 Å². The van der Waals surface area contributed by atoms with E-state index in [1.165, 1.54) is 29.8 Å². The summed E-state index contributed by atoms with van der Waals surface area (Å²) in [4.78, 5) is 2.20. The Morgan fingerprint density at radius 1 is 1.37 bits per heavy atom. The normalized spacial score (nSPS) is 17.2. The van der Waals surface area contributed by atoms with Gasteiger partial charge in [-0.05, 0) is 52.3 Å². The number of aryl methyl sites for hydroxylation is 1. The molecule has 0 amide bonds. The Balaban J connectivity index is 2.01. The van der Waals surface area contributed by atoms with Crippen LogP contribution in [0, 0.1) is 13.8 Å². The molecule has 19 heavy (non-hydrogen) atoms. The molecule has 1 heterocycles. The van der Waals surface area contributed by atoms with Gasteiger partial charge < -0.3 is 10.2 Å². The van der Waals surface area contributed by atoms with Crippen molar-refractivity contribution in [2.45, 2.75) is 52.1 Å². The third-order valence-corrected chi connectivity index (χ3v) is 3.98. The molecule has 2 rings (SSSR count). The van der Waals surface area contributed by atoms with Crippen molar-refractivity contribution in [1.82, 2.24) is 20.0 Å². The molecule has 4 heteroatoms. The molecule has 1 fully saturated rings. The fraction of sp³-hybridized carbons (Fsp3) is 0.800. The van der Waals surface area contributed by atoms with Crippen molar-refractivity contribution in [3.05, 3.63) is 17.0 Å². The number of likely N-dealkylation sites (N-methyl/N-ethyl adjacent to an activating group) is 1. The zero-order valence-corrected chi connectivity index (χ0v) is 13.0. The maximum Gasteiger partial charge on any atom is 0.0631 e. The van der Waals surface area contributed by atoms with Crippen LogP contribution >= 0.6 is 0 Å². The first kappa shape index (κ1) is 14.5. The maximum absolute atomic E-state index is 4.71. The standard InChI is InChI=1S/C15H28N4/c1-11(10-16-14-6-7-14)15-12(2)17-19(13(15)3)9-8-18(4)5/h11,14,16H,6-10H2,1-5H3. The number of nitrogens with one attached hydrogen (secondary N) is 1. The van der Waals surface area contributed by atoms with Crippen molar-refractivity contribution in [1.29, 1.82) is 0 Å². The molecule has 1 aromatic rings. The highest BCUT2D eigenvalue weighted by Gasteiger charge is 2.23. The fourth-order valence-electron chi connectivity index (χ4n) is 2.67. The molecular weight excluding hydrogens is 236 g/mol. The van der Waals surface area contributed by atoms with Crippen molar-refractivity contribution in [2.75, 3.05) is 27.2 Å². The molecule has 0 aliphatic heterocycles. The van der Waals surface area contributed by atoms with Gasteiger partial charge in [-0.15, -0.1) is 0 Å². The van der Waals surface area contributed by atoms with Gasteiger partial charge in [0.25, 0.3) is 0 Å². The van der Waals surface area contributed by atoms with E-state index in [1.54, 1.807) is 0 Å². The average Bonchev–Trinajstić information content (AvgIpc) is 3.11. The summed E-state index contributed by atoms with van der Waals surface area (Å²) in [5.74, 6) is 0.550. The van der Waals surface area contributed by atoms with Crippen LogP contribution in [-0.2, 0) is 6.54 Å². The molecule has 0 saturated heterocycles. The van der Waals surface area contributed by atoms with Crippen molar-refractivity contribution in [2.24, 2.45) is 0 Å². The summed E-state index contributed by atoms with van der Waals surface area (Å²) in [5.41, 5.74) is 3.97. The van der Waals surface area contributed by atoms with Gasteiger partial charge in [-0.25, -0.2) is 0 Å². The number of nitrogens with zero attached hydrogens (tertiary/aromatic N) is 3. The molecule has 0 aromatic carbocycles. The van der Waals surface area contributed by atoms with Gasteiger partial charge in [0, 0.05) is 24.8 Å². The van der Waals surface area contributed by atoms with E-state index in [9.17, 15) is 0 Å². The maximum atomic E-state index is 4.71. The van der Waals surface area contributed by atoms with E-state index in [0.717, 1.165) is 25.7 Å². The third kappa shape index (κ3) is 3.80. The Labute approximate surface area is 117 Å². The molecular formula is C15H28N4. The number of rotatable bonds is 7. The topological polar surface area (TPSA) is 33.1 Å². The molecule has 1 saturated carbocycles. The highest BCUT2D eigenvalue weighted by molar-refractivity contribution is 5.28. The van der Waals surface area contributed by atoms with Gasteiger partial charge in [0.05, 0.1) is 12.2 Å². The molecule has 1 aliphatic carbocycles. The van der Waals surface area contributed by atoms with Crippen molar-refractivity contribution in [3.8, 4) is 0 Å². The summed E-state index contributed by atoms with van der Waals surface area (Å²) in [6, 6.07) is 0.784. The van der Waals surface area contributed by atoms with Crippen LogP contribution in [0.2, 0.25) is 0 Å². The first-order valence-electron chi connectivity index (χ1n) is 7.41. The second kappa shape index (κ2) is 6.06. The number of aromatic nitrogens is 2. The summed E-state index contributed by atoms with van der Waals surface area (Å²) in [6.45, 7) is 9.74. The van der Waals surface area contributed by atoms with E-state index in [0.29, 0.717) is 5.92 Å². The molecule has 0 radical (unpaired) electrons. The SMILES string of the molecule is Cc1nn(CCN(C)C)c(C)c1C(C)CNC1CC1. The van der Waals surface area contributed by atoms with Gasteiger partial charge in [-0.2, -0.15) is 5.10 Å². The lowest BCUT2D eigenvalue weighted by molar-refractivity contribution is 0.370. The molecule has 4 nitrogen and oxygen atoms in total. The second-order valence-corrected chi connectivity index (χ2v) is 6.19.